The van der Waals surface area contributed by atoms with Gasteiger partial charge in [0.2, 0.25) is 5.96 Å². The van der Waals surface area contributed by atoms with E-state index < -0.39 is 5.66 Å². The van der Waals surface area contributed by atoms with Crippen molar-refractivity contribution in [3.05, 3.63) is 77.1 Å². The second kappa shape index (κ2) is 6.02. The summed E-state index contributed by atoms with van der Waals surface area (Å²) in [5.41, 5.74) is 10.3. The molecule has 0 amide bonds. The number of H-pyrrole nitrogens is 1. The third-order valence-electron chi connectivity index (χ3n) is 4.25. The fourth-order valence-electron chi connectivity index (χ4n) is 2.95. The summed E-state index contributed by atoms with van der Waals surface area (Å²) in [7, 11) is 0. The van der Waals surface area contributed by atoms with Crippen molar-refractivity contribution in [2.45, 2.75) is 12.6 Å². The smallest absolute Gasteiger partial charge is 0.202 e. The Kier molecular flexibility index (Phi) is 3.68. The summed E-state index contributed by atoms with van der Waals surface area (Å²) in [4.78, 5) is 4.70. The first kappa shape index (κ1) is 15.9. The number of aromatic amines is 1. The van der Waals surface area contributed by atoms with Gasteiger partial charge in [0.25, 0.3) is 0 Å². The molecule has 2 heterocycles. The second-order valence-electron chi connectivity index (χ2n) is 6.15. The summed E-state index contributed by atoms with van der Waals surface area (Å²) in [6.07, 6.45) is 0. The lowest BCUT2D eigenvalue weighted by Crippen LogP contribution is -2.44. The Morgan fingerprint density at radius 3 is 2.62 bits per heavy atom. The van der Waals surface area contributed by atoms with Gasteiger partial charge in [0, 0.05) is 22.6 Å². The molecule has 0 radical (unpaired) electrons. The highest BCUT2D eigenvalue weighted by atomic mass is 15.3. The number of nitriles is 1. The van der Waals surface area contributed by atoms with Gasteiger partial charge < -0.3 is 10.6 Å². The maximum Gasteiger partial charge on any atom is 0.202 e. The molecular formula is C19H17N7. The molecule has 128 valence electrons. The van der Waals surface area contributed by atoms with Crippen LogP contribution in [-0.2, 0) is 5.66 Å². The highest BCUT2D eigenvalue weighted by molar-refractivity contribution is 6.05. The van der Waals surface area contributed by atoms with Crippen molar-refractivity contribution in [1.82, 2.24) is 10.2 Å². The first-order valence-electron chi connectivity index (χ1n) is 8.13. The number of hydrogen-bond donors (Lipinski definition) is 4. The zero-order valence-electron chi connectivity index (χ0n) is 14.1. The number of nitrogens with one attached hydrogen (secondary N) is 3. The van der Waals surface area contributed by atoms with Gasteiger partial charge in [0.1, 0.15) is 5.69 Å². The van der Waals surface area contributed by atoms with E-state index in [1.54, 1.807) is 12.1 Å². The van der Waals surface area contributed by atoms with Gasteiger partial charge >= 0.3 is 0 Å². The molecule has 1 aromatic heterocycles. The predicted molar refractivity (Wildman–Crippen MR) is 101 cm³/mol. The number of hydrogen-bond acceptors (Lipinski definition) is 6. The Morgan fingerprint density at radius 1 is 1.15 bits per heavy atom. The topological polar surface area (TPSA) is 115 Å². The van der Waals surface area contributed by atoms with Gasteiger partial charge in [-0.15, -0.1) is 0 Å². The average molecular weight is 343 g/mol. The molecular weight excluding hydrogens is 326 g/mol. The zero-order chi connectivity index (χ0) is 18.1. The van der Waals surface area contributed by atoms with Crippen LogP contribution >= 0.6 is 0 Å². The van der Waals surface area contributed by atoms with Gasteiger partial charge in [-0.05, 0) is 43.3 Å². The first-order chi connectivity index (χ1) is 12.6. The van der Waals surface area contributed by atoms with E-state index in [-0.39, 0.29) is 0 Å². The van der Waals surface area contributed by atoms with E-state index in [0.29, 0.717) is 17.2 Å². The molecule has 1 atom stereocenters. The number of aryl methyl sites for hydroxylation is 1. The SMILES string of the molecule is Cc1cc(C2(N)N=C(Nc3ccc(C#N)cc3)Nc3ccccc32)n[nH]1. The van der Waals surface area contributed by atoms with Crippen LogP contribution in [0.4, 0.5) is 11.4 Å². The van der Waals surface area contributed by atoms with E-state index in [1.807, 2.05) is 49.4 Å². The molecule has 0 saturated heterocycles. The number of aliphatic imine (C=N–C) groups is 1. The number of benzene rings is 2. The van der Waals surface area contributed by atoms with Crippen LogP contribution in [0.2, 0.25) is 0 Å². The molecule has 1 aliphatic heterocycles. The number of aromatic nitrogens is 2. The summed E-state index contributed by atoms with van der Waals surface area (Å²) in [6, 6.07) is 18.9. The minimum atomic E-state index is -1.11. The molecule has 0 saturated carbocycles. The standard InChI is InChI=1S/C19H17N7/c1-12-10-17(26-25-12)19(21)15-4-2-3-5-16(15)23-18(24-19)22-14-8-6-13(11-20)7-9-14/h2-10H,21H2,1H3,(H,25,26)(H2,22,23,24). The normalized spacial score (nSPS) is 18.3. The fraction of sp³-hybridized carbons (Fsp3) is 0.105. The molecule has 26 heavy (non-hydrogen) atoms. The highest BCUT2D eigenvalue weighted by Gasteiger charge is 2.37. The molecule has 0 bridgehead atoms. The van der Waals surface area contributed by atoms with Crippen LogP contribution in [-0.4, -0.2) is 16.2 Å². The van der Waals surface area contributed by atoms with Crippen molar-refractivity contribution in [3.63, 3.8) is 0 Å². The summed E-state index contributed by atoms with van der Waals surface area (Å²) >= 11 is 0. The van der Waals surface area contributed by atoms with Crippen LogP contribution in [0.15, 0.2) is 59.6 Å². The Bertz CT molecular complexity index is 1030. The fourth-order valence-corrected chi connectivity index (χ4v) is 2.95. The molecule has 2 aromatic carbocycles. The van der Waals surface area contributed by atoms with Crippen molar-refractivity contribution >= 4 is 17.3 Å². The molecule has 3 aromatic rings. The average Bonchev–Trinajstić information content (AvgIpc) is 3.10. The second-order valence-corrected chi connectivity index (χ2v) is 6.15. The van der Waals surface area contributed by atoms with Crippen LogP contribution in [0.25, 0.3) is 0 Å². The molecule has 1 aliphatic rings. The largest absolute Gasteiger partial charge is 0.326 e. The number of nitrogens with zero attached hydrogens (tertiary/aromatic N) is 3. The van der Waals surface area contributed by atoms with Crippen LogP contribution in [0, 0.1) is 18.3 Å². The lowest BCUT2D eigenvalue weighted by molar-refractivity contribution is 0.547. The summed E-state index contributed by atoms with van der Waals surface area (Å²) in [6.45, 7) is 1.92. The van der Waals surface area contributed by atoms with Gasteiger partial charge in [-0.1, -0.05) is 18.2 Å². The summed E-state index contributed by atoms with van der Waals surface area (Å²) < 4.78 is 0. The minimum absolute atomic E-state index is 0.511. The maximum atomic E-state index is 8.92. The lowest BCUT2D eigenvalue weighted by Gasteiger charge is -2.32. The quantitative estimate of drug-likeness (QED) is 0.571. The Morgan fingerprint density at radius 2 is 1.92 bits per heavy atom. The molecule has 7 nitrogen and oxygen atoms in total. The first-order valence-corrected chi connectivity index (χ1v) is 8.13. The van der Waals surface area contributed by atoms with Crippen molar-refractivity contribution in [3.8, 4) is 6.07 Å². The van der Waals surface area contributed by atoms with Crippen LogP contribution in [0.1, 0.15) is 22.5 Å². The van der Waals surface area contributed by atoms with Gasteiger partial charge in [-0.25, -0.2) is 4.99 Å². The van der Waals surface area contributed by atoms with Gasteiger partial charge in [-0.3, -0.25) is 10.8 Å². The third-order valence-corrected chi connectivity index (χ3v) is 4.25. The Labute approximate surface area is 150 Å². The van der Waals surface area contributed by atoms with E-state index in [4.69, 9.17) is 16.0 Å². The van der Waals surface area contributed by atoms with Crippen LogP contribution in [0.5, 0.6) is 0 Å². The van der Waals surface area contributed by atoms with E-state index in [9.17, 15) is 0 Å². The van der Waals surface area contributed by atoms with Gasteiger partial charge in [0.05, 0.1) is 11.6 Å². The molecule has 0 fully saturated rings. The number of fused-ring (bicyclic) bond motifs is 1. The van der Waals surface area contributed by atoms with Gasteiger partial charge in [-0.2, -0.15) is 10.4 Å². The van der Waals surface area contributed by atoms with Crippen LogP contribution < -0.4 is 16.4 Å². The Hall–Kier alpha value is -3.63. The number of para-hydroxylation sites is 1. The molecule has 7 heteroatoms. The monoisotopic (exact) mass is 343 g/mol. The van der Waals surface area contributed by atoms with E-state index >= 15 is 0 Å². The van der Waals surface area contributed by atoms with Crippen molar-refractivity contribution in [2.24, 2.45) is 10.7 Å². The van der Waals surface area contributed by atoms with Crippen molar-refractivity contribution < 1.29 is 0 Å². The molecule has 5 N–H and O–H groups in total. The Balaban J connectivity index is 1.75. The summed E-state index contributed by atoms with van der Waals surface area (Å²) in [5, 5.41) is 22.7. The maximum absolute atomic E-state index is 8.92. The number of guanidine groups is 1. The summed E-state index contributed by atoms with van der Waals surface area (Å²) in [5.74, 6) is 0.511. The number of anilines is 2. The van der Waals surface area contributed by atoms with Crippen LogP contribution in [0.3, 0.4) is 0 Å². The van der Waals surface area contributed by atoms with E-state index in [0.717, 1.165) is 22.6 Å². The molecule has 0 spiro atoms. The van der Waals surface area contributed by atoms with Crippen molar-refractivity contribution in [2.75, 3.05) is 10.6 Å². The van der Waals surface area contributed by atoms with Gasteiger partial charge in [0.15, 0.2) is 5.66 Å². The molecule has 0 aliphatic carbocycles. The van der Waals surface area contributed by atoms with Crippen molar-refractivity contribution in [1.29, 1.82) is 5.26 Å². The van der Waals surface area contributed by atoms with E-state index in [2.05, 4.69) is 26.9 Å². The third kappa shape index (κ3) is 2.68. The highest BCUT2D eigenvalue weighted by Crippen LogP contribution is 2.36. The van der Waals surface area contributed by atoms with E-state index in [1.165, 1.54) is 0 Å². The number of rotatable bonds is 2. The zero-order valence-corrected chi connectivity index (χ0v) is 14.1. The predicted octanol–water partition coefficient (Wildman–Crippen LogP) is 2.64. The molecule has 1 unspecified atom stereocenters. The number of nitrogens with two attached hydrogens (primary N) is 1. The minimum Gasteiger partial charge on any atom is -0.326 e. The molecule has 4 rings (SSSR count). The lowest BCUT2D eigenvalue weighted by atomic mass is 9.94.